The van der Waals surface area contributed by atoms with Crippen molar-refractivity contribution >= 4 is 10.9 Å². The van der Waals surface area contributed by atoms with Gasteiger partial charge in [0.1, 0.15) is 23.9 Å². The Morgan fingerprint density at radius 2 is 1.74 bits per heavy atom. The zero-order valence-corrected chi connectivity index (χ0v) is 13.5. The Balaban J connectivity index is 1.90. The van der Waals surface area contributed by atoms with Crippen LogP contribution in [0.4, 0.5) is 4.39 Å². The summed E-state index contributed by atoms with van der Waals surface area (Å²) in [6.07, 6.45) is 1.97. The van der Waals surface area contributed by atoms with Crippen molar-refractivity contribution in [1.29, 1.82) is 0 Å². The van der Waals surface area contributed by atoms with Gasteiger partial charge in [-0.1, -0.05) is 6.07 Å². The summed E-state index contributed by atoms with van der Waals surface area (Å²) in [7, 11) is 1.62. The summed E-state index contributed by atoms with van der Waals surface area (Å²) in [5, 5.41) is 0.634. The largest absolute Gasteiger partial charge is 0.497 e. The lowest BCUT2D eigenvalue weighted by atomic mass is 10.2. The topological polar surface area (TPSA) is 23.4 Å². The van der Waals surface area contributed by atoms with Gasteiger partial charge < -0.3 is 14.0 Å². The molecule has 0 saturated heterocycles. The van der Waals surface area contributed by atoms with Crippen molar-refractivity contribution in [3.8, 4) is 11.5 Å². The highest BCUT2D eigenvalue weighted by Crippen LogP contribution is 2.28. The molecule has 3 rings (SSSR count). The van der Waals surface area contributed by atoms with Crippen LogP contribution >= 0.6 is 0 Å². The number of aromatic nitrogens is 1. The lowest BCUT2D eigenvalue weighted by molar-refractivity contribution is 0.306. The zero-order chi connectivity index (χ0) is 16.4. The first-order valence-corrected chi connectivity index (χ1v) is 7.65. The third-order valence-electron chi connectivity index (χ3n) is 3.90. The number of halogens is 1. The molecule has 0 bridgehead atoms. The molecule has 3 nitrogen and oxygen atoms in total. The van der Waals surface area contributed by atoms with Crippen LogP contribution in [0.15, 0.2) is 48.7 Å². The van der Waals surface area contributed by atoms with Gasteiger partial charge >= 0.3 is 0 Å². The average molecular weight is 313 g/mol. The number of benzene rings is 2. The monoisotopic (exact) mass is 313 g/mol. The Morgan fingerprint density at radius 3 is 2.39 bits per heavy atom. The fourth-order valence-electron chi connectivity index (χ4n) is 2.72. The molecule has 23 heavy (non-hydrogen) atoms. The molecule has 0 unspecified atom stereocenters. The summed E-state index contributed by atoms with van der Waals surface area (Å²) >= 11 is 0. The summed E-state index contributed by atoms with van der Waals surface area (Å²) < 4.78 is 27.3. The highest BCUT2D eigenvalue weighted by molar-refractivity contribution is 5.84. The van der Waals surface area contributed by atoms with Crippen LogP contribution < -0.4 is 9.47 Å². The molecule has 2 aromatic carbocycles. The van der Waals surface area contributed by atoms with Crippen molar-refractivity contribution < 1.29 is 13.9 Å². The van der Waals surface area contributed by atoms with Gasteiger partial charge in [0.25, 0.3) is 0 Å². The molecule has 3 aromatic rings. The van der Waals surface area contributed by atoms with Crippen LogP contribution in [-0.2, 0) is 6.61 Å². The quantitative estimate of drug-likeness (QED) is 0.665. The van der Waals surface area contributed by atoms with E-state index >= 15 is 0 Å². The molecular weight excluding hydrogens is 293 g/mol. The molecular formula is C19H20FNO2. The molecule has 0 saturated carbocycles. The number of rotatable bonds is 5. The van der Waals surface area contributed by atoms with Gasteiger partial charge in [0.05, 0.1) is 12.6 Å². The van der Waals surface area contributed by atoms with Gasteiger partial charge in [0.15, 0.2) is 0 Å². The lowest BCUT2D eigenvalue weighted by Gasteiger charge is -2.08. The molecule has 4 heteroatoms. The Kier molecular flexibility index (Phi) is 4.24. The SMILES string of the molecule is COc1ccc(OCc2cn(C(C)C)c3cccc(F)c23)cc1. The smallest absolute Gasteiger partial charge is 0.132 e. The molecule has 1 heterocycles. The summed E-state index contributed by atoms with van der Waals surface area (Å²) in [6, 6.07) is 12.8. The number of methoxy groups -OCH3 is 1. The number of nitrogens with zero attached hydrogens (tertiary/aromatic N) is 1. The first-order chi connectivity index (χ1) is 11.1. The van der Waals surface area contributed by atoms with E-state index in [0.29, 0.717) is 12.0 Å². The van der Waals surface area contributed by atoms with Crippen molar-refractivity contribution in [2.45, 2.75) is 26.5 Å². The van der Waals surface area contributed by atoms with E-state index in [4.69, 9.17) is 9.47 Å². The predicted molar refractivity (Wildman–Crippen MR) is 89.6 cm³/mol. The Labute approximate surface area is 135 Å². The highest BCUT2D eigenvalue weighted by atomic mass is 19.1. The van der Waals surface area contributed by atoms with E-state index in [-0.39, 0.29) is 11.9 Å². The van der Waals surface area contributed by atoms with E-state index in [2.05, 4.69) is 18.4 Å². The molecule has 0 amide bonds. The van der Waals surface area contributed by atoms with E-state index in [1.54, 1.807) is 13.2 Å². The van der Waals surface area contributed by atoms with Crippen LogP contribution in [0.1, 0.15) is 25.5 Å². The van der Waals surface area contributed by atoms with Crippen LogP contribution in [0.2, 0.25) is 0 Å². The fourth-order valence-corrected chi connectivity index (χ4v) is 2.72. The van der Waals surface area contributed by atoms with Crippen molar-refractivity contribution in [3.63, 3.8) is 0 Å². The van der Waals surface area contributed by atoms with Gasteiger partial charge in [-0.2, -0.15) is 0 Å². The van der Waals surface area contributed by atoms with Gasteiger partial charge in [-0.25, -0.2) is 4.39 Å². The number of hydrogen-bond acceptors (Lipinski definition) is 2. The molecule has 0 N–H and O–H groups in total. The van der Waals surface area contributed by atoms with E-state index in [0.717, 1.165) is 22.6 Å². The zero-order valence-electron chi connectivity index (χ0n) is 13.5. The second-order valence-corrected chi connectivity index (χ2v) is 5.75. The summed E-state index contributed by atoms with van der Waals surface area (Å²) in [5.74, 6) is 1.29. The van der Waals surface area contributed by atoms with Gasteiger partial charge in [0.2, 0.25) is 0 Å². The molecule has 1 aromatic heterocycles. The van der Waals surface area contributed by atoms with Crippen LogP contribution in [0.25, 0.3) is 10.9 Å². The van der Waals surface area contributed by atoms with Crippen LogP contribution in [0.5, 0.6) is 11.5 Å². The molecule has 0 radical (unpaired) electrons. The third kappa shape index (κ3) is 3.02. The van der Waals surface area contributed by atoms with Gasteiger partial charge in [0, 0.05) is 23.2 Å². The normalized spacial score (nSPS) is 11.2. The number of fused-ring (bicyclic) bond motifs is 1. The summed E-state index contributed by atoms with van der Waals surface area (Å²) in [4.78, 5) is 0. The number of hydrogen-bond donors (Lipinski definition) is 0. The van der Waals surface area contributed by atoms with Crippen molar-refractivity contribution in [1.82, 2.24) is 4.57 Å². The maximum Gasteiger partial charge on any atom is 0.132 e. The van der Waals surface area contributed by atoms with Gasteiger partial charge in [-0.3, -0.25) is 0 Å². The average Bonchev–Trinajstić information content (AvgIpc) is 2.94. The number of ether oxygens (including phenoxy) is 2. The predicted octanol–water partition coefficient (Wildman–Crippen LogP) is 4.95. The Morgan fingerprint density at radius 1 is 1.04 bits per heavy atom. The molecule has 0 aliphatic rings. The summed E-state index contributed by atoms with van der Waals surface area (Å²) in [6.45, 7) is 4.49. The van der Waals surface area contributed by atoms with Crippen molar-refractivity contribution in [2.24, 2.45) is 0 Å². The second-order valence-electron chi connectivity index (χ2n) is 5.75. The van der Waals surface area contributed by atoms with Crippen molar-refractivity contribution in [2.75, 3.05) is 7.11 Å². The fraction of sp³-hybridized carbons (Fsp3) is 0.263. The van der Waals surface area contributed by atoms with E-state index in [9.17, 15) is 4.39 Å². The van der Waals surface area contributed by atoms with Gasteiger partial charge in [-0.15, -0.1) is 0 Å². The Hall–Kier alpha value is -2.49. The maximum atomic E-state index is 14.3. The lowest BCUT2D eigenvalue weighted by Crippen LogP contribution is -1.98. The molecule has 0 atom stereocenters. The van der Waals surface area contributed by atoms with E-state index in [1.165, 1.54) is 6.07 Å². The molecule has 0 aliphatic heterocycles. The van der Waals surface area contributed by atoms with E-state index in [1.807, 2.05) is 36.5 Å². The van der Waals surface area contributed by atoms with Gasteiger partial charge in [-0.05, 0) is 50.2 Å². The maximum absolute atomic E-state index is 14.3. The summed E-state index contributed by atoms with van der Waals surface area (Å²) in [5.41, 5.74) is 1.75. The minimum atomic E-state index is -0.213. The minimum Gasteiger partial charge on any atom is -0.497 e. The van der Waals surface area contributed by atoms with Crippen LogP contribution in [0, 0.1) is 5.82 Å². The Bertz CT molecular complexity index is 806. The standard InChI is InChI=1S/C19H20FNO2/c1-13(2)21-11-14(19-17(20)5-4-6-18(19)21)12-23-16-9-7-15(22-3)8-10-16/h4-11,13H,12H2,1-3H3. The minimum absolute atomic E-state index is 0.213. The highest BCUT2D eigenvalue weighted by Gasteiger charge is 2.14. The molecule has 0 aliphatic carbocycles. The first kappa shape index (κ1) is 15.4. The van der Waals surface area contributed by atoms with E-state index < -0.39 is 0 Å². The molecule has 0 spiro atoms. The second kappa shape index (κ2) is 6.32. The molecule has 0 fully saturated rings. The van der Waals surface area contributed by atoms with Crippen LogP contribution in [-0.4, -0.2) is 11.7 Å². The van der Waals surface area contributed by atoms with Crippen molar-refractivity contribution in [3.05, 3.63) is 60.0 Å². The first-order valence-electron chi connectivity index (χ1n) is 7.65. The molecule has 120 valence electrons. The van der Waals surface area contributed by atoms with Crippen LogP contribution in [0.3, 0.4) is 0 Å². The third-order valence-corrected chi connectivity index (χ3v) is 3.90.